The molecule has 0 aliphatic heterocycles. The molecule has 0 aliphatic carbocycles. The first-order valence-electron chi connectivity index (χ1n) is 11.4. The maximum atomic E-state index is 13.4. The van der Waals surface area contributed by atoms with E-state index >= 15 is 0 Å². The van der Waals surface area contributed by atoms with Crippen molar-refractivity contribution < 1.29 is 19.1 Å². The van der Waals surface area contributed by atoms with Crippen LogP contribution in [0.1, 0.15) is 36.1 Å². The van der Waals surface area contributed by atoms with Crippen LogP contribution in [0, 0.1) is 0 Å². The summed E-state index contributed by atoms with van der Waals surface area (Å²) in [6.45, 7) is 2.60. The van der Waals surface area contributed by atoms with E-state index in [1.807, 2.05) is 85.8 Å². The number of rotatable bonds is 11. The van der Waals surface area contributed by atoms with Crippen molar-refractivity contribution in [3.05, 3.63) is 95.6 Å². The maximum Gasteiger partial charge on any atom is 0.247 e. The Kier molecular flexibility index (Phi) is 9.09. The molecule has 0 heterocycles. The minimum Gasteiger partial charge on any atom is -0.497 e. The molecule has 2 amide bonds. The molecule has 6 heteroatoms. The lowest BCUT2D eigenvalue weighted by Gasteiger charge is -2.31. The molecule has 3 aromatic carbocycles. The number of ether oxygens (including phenoxy) is 2. The van der Waals surface area contributed by atoms with Crippen LogP contribution in [-0.2, 0) is 22.6 Å². The minimum atomic E-state index is -0.730. The van der Waals surface area contributed by atoms with Crippen molar-refractivity contribution in [3.8, 4) is 11.5 Å². The third-order valence-electron chi connectivity index (χ3n) is 5.68. The van der Waals surface area contributed by atoms with Crippen LogP contribution in [0.5, 0.6) is 11.5 Å². The van der Waals surface area contributed by atoms with Crippen LogP contribution in [-0.4, -0.2) is 37.5 Å². The van der Waals surface area contributed by atoms with Crippen LogP contribution in [0.15, 0.2) is 78.9 Å². The van der Waals surface area contributed by atoms with Crippen LogP contribution in [0.25, 0.3) is 0 Å². The summed E-state index contributed by atoms with van der Waals surface area (Å²) in [5, 5.41) is 3.04. The molecule has 0 spiro atoms. The number of carbonyl (C=O) groups excluding carboxylic acids is 2. The van der Waals surface area contributed by atoms with E-state index in [1.54, 1.807) is 19.1 Å². The first-order valence-corrected chi connectivity index (χ1v) is 11.4. The van der Waals surface area contributed by atoms with E-state index in [1.165, 1.54) is 0 Å². The van der Waals surface area contributed by atoms with Gasteiger partial charge in [-0.2, -0.15) is 0 Å². The number of amides is 2. The quantitative estimate of drug-likeness (QED) is 0.456. The fourth-order valence-corrected chi connectivity index (χ4v) is 3.78. The first-order chi connectivity index (χ1) is 16.5. The van der Waals surface area contributed by atoms with E-state index in [4.69, 9.17) is 9.47 Å². The number of nitrogens with one attached hydrogen (secondary N) is 1. The van der Waals surface area contributed by atoms with Crippen LogP contribution < -0.4 is 14.8 Å². The second-order valence-electron chi connectivity index (χ2n) is 7.93. The zero-order chi connectivity index (χ0) is 24.3. The lowest BCUT2D eigenvalue weighted by atomic mass is 10.0. The molecule has 3 aromatic rings. The van der Waals surface area contributed by atoms with Gasteiger partial charge in [0.15, 0.2) is 0 Å². The molecule has 1 atom stereocenters. The van der Waals surface area contributed by atoms with Crippen molar-refractivity contribution in [2.24, 2.45) is 0 Å². The van der Waals surface area contributed by atoms with Crippen molar-refractivity contribution in [2.45, 2.75) is 32.4 Å². The number of carbonyl (C=O) groups is 2. The van der Waals surface area contributed by atoms with Crippen LogP contribution in [0.3, 0.4) is 0 Å². The third-order valence-corrected chi connectivity index (χ3v) is 5.68. The average molecular weight is 461 g/mol. The largest absolute Gasteiger partial charge is 0.497 e. The Balaban J connectivity index is 1.79. The van der Waals surface area contributed by atoms with Crippen LogP contribution >= 0.6 is 0 Å². The molecule has 0 aliphatic rings. The predicted octanol–water partition coefficient (Wildman–Crippen LogP) is 4.54. The summed E-state index contributed by atoms with van der Waals surface area (Å²) in [5.41, 5.74) is 2.80. The Labute approximate surface area is 201 Å². The van der Waals surface area contributed by atoms with E-state index in [0.29, 0.717) is 25.9 Å². The van der Waals surface area contributed by atoms with Gasteiger partial charge in [0.05, 0.1) is 14.2 Å². The van der Waals surface area contributed by atoms with Gasteiger partial charge in [0, 0.05) is 19.5 Å². The lowest BCUT2D eigenvalue weighted by Crippen LogP contribution is -2.43. The molecular weight excluding hydrogens is 428 g/mol. The van der Waals surface area contributed by atoms with E-state index in [-0.39, 0.29) is 11.8 Å². The normalized spacial score (nSPS) is 11.4. The number of benzene rings is 3. The summed E-state index contributed by atoms with van der Waals surface area (Å²) in [6.07, 6.45) is 0.982. The maximum absolute atomic E-state index is 13.4. The van der Waals surface area contributed by atoms with Crippen LogP contribution in [0.4, 0.5) is 0 Å². The summed E-state index contributed by atoms with van der Waals surface area (Å²) >= 11 is 0. The molecule has 0 bridgehead atoms. The van der Waals surface area contributed by atoms with E-state index in [9.17, 15) is 9.59 Å². The molecule has 34 heavy (non-hydrogen) atoms. The Morgan fingerprint density at radius 2 is 1.38 bits per heavy atom. The molecular formula is C28H32N2O4. The molecule has 0 aromatic heterocycles. The standard InChI is InChI=1S/C28H32N2O4/c1-4-26(31)30(20-22-12-16-25(34-3)17-13-22)27(23-8-6-5-7-9-23)28(32)29-19-18-21-10-14-24(33-2)15-11-21/h5-17,27H,4,18-20H2,1-3H3,(H,29,32)/t27-/m1/s1. The van der Waals surface area contributed by atoms with Gasteiger partial charge in [-0.15, -0.1) is 0 Å². The van der Waals surface area contributed by atoms with Crippen molar-refractivity contribution in [2.75, 3.05) is 20.8 Å². The van der Waals surface area contributed by atoms with Crippen molar-refractivity contribution in [1.82, 2.24) is 10.2 Å². The fraction of sp³-hybridized carbons (Fsp3) is 0.286. The van der Waals surface area contributed by atoms with E-state index in [0.717, 1.165) is 28.2 Å². The second-order valence-corrected chi connectivity index (χ2v) is 7.93. The molecule has 178 valence electrons. The van der Waals surface area contributed by atoms with Gasteiger partial charge in [0.2, 0.25) is 11.8 Å². The Bertz CT molecular complexity index is 1050. The molecule has 3 rings (SSSR count). The van der Waals surface area contributed by atoms with Gasteiger partial charge in [0.25, 0.3) is 0 Å². The predicted molar refractivity (Wildman–Crippen MR) is 133 cm³/mol. The first kappa shape index (κ1) is 24.8. The fourth-order valence-electron chi connectivity index (χ4n) is 3.78. The summed E-state index contributed by atoms with van der Waals surface area (Å²) in [7, 11) is 3.25. The van der Waals surface area contributed by atoms with Crippen molar-refractivity contribution in [1.29, 1.82) is 0 Å². The highest BCUT2D eigenvalue weighted by molar-refractivity contribution is 5.88. The molecule has 0 unspecified atom stereocenters. The highest BCUT2D eigenvalue weighted by atomic mass is 16.5. The summed E-state index contributed by atoms with van der Waals surface area (Å²) in [4.78, 5) is 28.1. The number of methoxy groups -OCH3 is 2. The average Bonchev–Trinajstić information content (AvgIpc) is 2.89. The number of hydrogen-bond donors (Lipinski definition) is 1. The smallest absolute Gasteiger partial charge is 0.247 e. The Hall–Kier alpha value is -3.80. The second kappa shape index (κ2) is 12.4. The van der Waals surface area contributed by atoms with Crippen molar-refractivity contribution >= 4 is 11.8 Å². The zero-order valence-electron chi connectivity index (χ0n) is 20.0. The molecule has 1 N–H and O–H groups in total. The van der Waals surface area contributed by atoms with Gasteiger partial charge in [-0.3, -0.25) is 9.59 Å². The van der Waals surface area contributed by atoms with Gasteiger partial charge in [0.1, 0.15) is 17.5 Å². The van der Waals surface area contributed by atoms with Gasteiger partial charge in [-0.05, 0) is 47.4 Å². The summed E-state index contributed by atoms with van der Waals surface area (Å²) < 4.78 is 10.4. The Morgan fingerprint density at radius 1 is 0.824 bits per heavy atom. The molecule has 0 saturated carbocycles. The SMILES string of the molecule is CCC(=O)N(Cc1ccc(OC)cc1)[C@@H](C(=O)NCCc1ccc(OC)cc1)c1ccccc1. The molecule has 6 nitrogen and oxygen atoms in total. The third kappa shape index (κ3) is 6.61. The summed E-state index contributed by atoms with van der Waals surface area (Å²) in [5.74, 6) is 1.25. The Morgan fingerprint density at radius 3 is 1.91 bits per heavy atom. The number of nitrogens with zero attached hydrogens (tertiary/aromatic N) is 1. The zero-order valence-corrected chi connectivity index (χ0v) is 20.0. The van der Waals surface area contributed by atoms with Gasteiger partial charge < -0.3 is 19.7 Å². The monoisotopic (exact) mass is 460 g/mol. The number of hydrogen-bond acceptors (Lipinski definition) is 4. The van der Waals surface area contributed by atoms with Gasteiger partial charge in [-0.25, -0.2) is 0 Å². The minimum absolute atomic E-state index is 0.0880. The topological polar surface area (TPSA) is 67.9 Å². The molecule has 0 fully saturated rings. The molecule has 0 radical (unpaired) electrons. The summed E-state index contributed by atoms with van der Waals surface area (Å²) in [6, 6.07) is 24.0. The van der Waals surface area contributed by atoms with Gasteiger partial charge in [-0.1, -0.05) is 61.5 Å². The van der Waals surface area contributed by atoms with Crippen LogP contribution in [0.2, 0.25) is 0 Å². The van der Waals surface area contributed by atoms with E-state index < -0.39 is 6.04 Å². The lowest BCUT2D eigenvalue weighted by molar-refractivity contribution is -0.141. The highest BCUT2D eigenvalue weighted by Crippen LogP contribution is 2.25. The van der Waals surface area contributed by atoms with E-state index in [2.05, 4.69) is 5.32 Å². The highest BCUT2D eigenvalue weighted by Gasteiger charge is 2.30. The molecule has 0 saturated heterocycles. The van der Waals surface area contributed by atoms with Gasteiger partial charge >= 0.3 is 0 Å². The van der Waals surface area contributed by atoms with Crippen molar-refractivity contribution in [3.63, 3.8) is 0 Å².